The molecule has 0 heterocycles. The van der Waals surface area contributed by atoms with Crippen molar-refractivity contribution in [3.63, 3.8) is 0 Å². The Morgan fingerprint density at radius 1 is 1.05 bits per heavy atom. The summed E-state index contributed by atoms with van der Waals surface area (Å²) in [6.07, 6.45) is 3.23. The highest BCUT2D eigenvalue weighted by atomic mass is 32.2. The topological polar surface area (TPSA) is 12.0 Å². The summed E-state index contributed by atoms with van der Waals surface area (Å²) in [5, 5.41) is 4.40. The van der Waals surface area contributed by atoms with Crippen LogP contribution in [-0.4, -0.2) is 18.1 Å². The molecule has 3 rings (SSSR count). The summed E-state index contributed by atoms with van der Waals surface area (Å²) in [6, 6.07) is 18.0. The van der Waals surface area contributed by atoms with Crippen molar-refractivity contribution in [1.82, 2.24) is 5.32 Å². The van der Waals surface area contributed by atoms with Crippen molar-refractivity contribution in [3.8, 4) is 0 Å². The number of thioether (sulfide) groups is 1. The summed E-state index contributed by atoms with van der Waals surface area (Å²) >= 11 is 1.91. The van der Waals surface area contributed by atoms with Crippen molar-refractivity contribution in [1.29, 1.82) is 0 Å². The molecule has 1 aliphatic rings. The first-order valence-electron chi connectivity index (χ1n) is 7.21. The second kappa shape index (κ2) is 6.02. The Balaban J connectivity index is 1.95. The molecule has 104 valence electrons. The van der Waals surface area contributed by atoms with Gasteiger partial charge in [0.25, 0.3) is 0 Å². The lowest BCUT2D eigenvalue weighted by molar-refractivity contribution is 0.589. The van der Waals surface area contributed by atoms with E-state index in [-0.39, 0.29) is 0 Å². The van der Waals surface area contributed by atoms with Crippen LogP contribution in [0.5, 0.6) is 0 Å². The van der Waals surface area contributed by atoms with Gasteiger partial charge in [-0.05, 0) is 34.9 Å². The molecule has 0 saturated heterocycles. The minimum absolute atomic E-state index is 0.339. The number of hydrogen-bond donors (Lipinski definition) is 1. The molecule has 0 bridgehead atoms. The molecule has 2 aromatic carbocycles. The highest BCUT2D eigenvalue weighted by molar-refractivity contribution is 7.99. The van der Waals surface area contributed by atoms with Crippen molar-refractivity contribution in [2.75, 3.05) is 12.8 Å². The maximum atomic E-state index is 3.76. The van der Waals surface area contributed by atoms with E-state index < -0.39 is 0 Å². The first-order valence-corrected chi connectivity index (χ1v) is 8.50. The van der Waals surface area contributed by atoms with Crippen LogP contribution in [0.4, 0.5) is 0 Å². The van der Waals surface area contributed by atoms with Crippen LogP contribution in [0.2, 0.25) is 0 Å². The molecule has 1 atom stereocenters. The monoisotopic (exact) mass is 283 g/mol. The van der Waals surface area contributed by atoms with Gasteiger partial charge >= 0.3 is 0 Å². The molecule has 1 aliphatic carbocycles. The number of nitrogens with one attached hydrogen (secondary N) is 1. The fourth-order valence-corrected chi connectivity index (χ4v) is 3.18. The Kier molecular flexibility index (Phi) is 4.13. The van der Waals surface area contributed by atoms with E-state index in [2.05, 4.69) is 67.0 Å². The van der Waals surface area contributed by atoms with Gasteiger partial charge in [-0.2, -0.15) is 11.8 Å². The zero-order chi connectivity index (χ0) is 13.9. The van der Waals surface area contributed by atoms with Crippen LogP contribution < -0.4 is 5.32 Å². The SMILES string of the molecule is CSC(C)CNC1c2ccccc2Cc2ccccc21. The molecule has 1 unspecified atom stereocenters. The van der Waals surface area contributed by atoms with Crippen LogP contribution in [0.3, 0.4) is 0 Å². The van der Waals surface area contributed by atoms with E-state index in [1.54, 1.807) is 0 Å². The van der Waals surface area contributed by atoms with Gasteiger partial charge in [0.1, 0.15) is 0 Å². The number of hydrogen-bond acceptors (Lipinski definition) is 2. The molecule has 2 aromatic rings. The van der Waals surface area contributed by atoms with Crippen molar-refractivity contribution in [2.24, 2.45) is 0 Å². The summed E-state index contributed by atoms with van der Waals surface area (Å²) in [5.41, 5.74) is 5.81. The van der Waals surface area contributed by atoms with Crippen LogP contribution in [0.1, 0.15) is 35.2 Å². The lowest BCUT2D eigenvalue weighted by atomic mass is 9.82. The fourth-order valence-electron chi connectivity index (χ4n) is 2.91. The summed E-state index contributed by atoms with van der Waals surface area (Å²) in [6.45, 7) is 3.31. The van der Waals surface area contributed by atoms with Gasteiger partial charge in [0.15, 0.2) is 0 Å². The van der Waals surface area contributed by atoms with E-state index in [1.807, 2.05) is 11.8 Å². The maximum Gasteiger partial charge on any atom is 0.0582 e. The summed E-state index contributed by atoms with van der Waals surface area (Å²) in [5.74, 6) is 0. The standard InChI is InChI=1S/C18H21NS/c1-13(20-2)12-19-18-16-9-5-3-7-14(16)11-15-8-4-6-10-17(15)18/h3-10,13,18-19H,11-12H2,1-2H3. The van der Waals surface area contributed by atoms with E-state index in [1.165, 1.54) is 22.3 Å². The molecule has 0 radical (unpaired) electrons. The Morgan fingerprint density at radius 3 is 2.15 bits per heavy atom. The average Bonchev–Trinajstić information content (AvgIpc) is 2.51. The highest BCUT2D eigenvalue weighted by Crippen LogP contribution is 2.34. The molecule has 0 saturated carbocycles. The predicted molar refractivity (Wildman–Crippen MR) is 88.5 cm³/mol. The van der Waals surface area contributed by atoms with E-state index in [0.29, 0.717) is 11.3 Å². The Bertz CT molecular complexity index is 548. The first kappa shape index (κ1) is 13.7. The van der Waals surface area contributed by atoms with E-state index >= 15 is 0 Å². The molecule has 1 N–H and O–H groups in total. The van der Waals surface area contributed by atoms with Crippen molar-refractivity contribution >= 4 is 11.8 Å². The molecule has 0 aromatic heterocycles. The van der Waals surface area contributed by atoms with E-state index in [4.69, 9.17) is 0 Å². The van der Waals surface area contributed by atoms with Gasteiger partial charge in [0, 0.05) is 11.8 Å². The van der Waals surface area contributed by atoms with Crippen molar-refractivity contribution in [2.45, 2.75) is 24.6 Å². The molecule has 0 fully saturated rings. The molecule has 0 aliphatic heterocycles. The summed E-state index contributed by atoms with van der Waals surface area (Å²) in [7, 11) is 0. The molecular formula is C18H21NS. The zero-order valence-electron chi connectivity index (χ0n) is 12.1. The van der Waals surface area contributed by atoms with Crippen LogP contribution in [0.15, 0.2) is 48.5 Å². The van der Waals surface area contributed by atoms with Gasteiger partial charge in [-0.15, -0.1) is 0 Å². The largest absolute Gasteiger partial charge is 0.305 e. The molecular weight excluding hydrogens is 262 g/mol. The second-order valence-corrected chi connectivity index (χ2v) is 6.74. The molecule has 0 amide bonds. The van der Waals surface area contributed by atoms with Gasteiger partial charge in [0.05, 0.1) is 6.04 Å². The normalized spacial score (nSPS) is 15.5. The van der Waals surface area contributed by atoms with Gasteiger partial charge in [-0.25, -0.2) is 0 Å². The third kappa shape index (κ3) is 2.63. The smallest absolute Gasteiger partial charge is 0.0582 e. The number of benzene rings is 2. The highest BCUT2D eigenvalue weighted by Gasteiger charge is 2.24. The van der Waals surface area contributed by atoms with Crippen LogP contribution in [0, 0.1) is 0 Å². The van der Waals surface area contributed by atoms with Gasteiger partial charge in [-0.3, -0.25) is 0 Å². The van der Waals surface area contributed by atoms with Crippen LogP contribution >= 0.6 is 11.8 Å². The fraction of sp³-hybridized carbons (Fsp3) is 0.333. The summed E-state index contributed by atoms with van der Waals surface area (Å²) in [4.78, 5) is 0. The van der Waals surface area contributed by atoms with Crippen molar-refractivity contribution < 1.29 is 0 Å². The van der Waals surface area contributed by atoms with Gasteiger partial charge < -0.3 is 5.32 Å². The predicted octanol–water partition coefficient (Wildman–Crippen LogP) is 4.02. The molecule has 1 nitrogen and oxygen atoms in total. The van der Waals surface area contributed by atoms with Crippen LogP contribution in [-0.2, 0) is 6.42 Å². The minimum Gasteiger partial charge on any atom is -0.305 e. The minimum atomic E-state index is 0.339. The summed E-state index contributed by atoms with van der Waals surface area (Å²) < 4.78 is 0. The quantitative estimate of drug-likeness (QED) is 0.909. The van der Waals surface area contributed by atoms with Gasteiger partial charge in [-0.1, -0.05) is 55.5 Å². The molecule has 0 spiro atoms. The van der Waals surface area contributed by atoms with Gasteiger partial charge in [0.2, 0.25) is 0 Å². The van der Waals surface area contributed by atoms with Crippen molar-refractivity contribution in [3.05, 3.63) is 70.8 Å². The molecule has 20 heavy (non-hydrogen) atoms. The third-order valence-electron chi connectivity index (χ3n) is 4.12. The Hall–Kier alpha value is -1.25. The third-order valence-corrected chi connectivity index (χ3v) is 5.10. The van der Waals surface area contributed by atoms with Crippen LogP contribution in [0.25, 0.3) is 0 Å². The Labute approximate surface area is 125 Å². The van der Waals surface area contributed by atoms with E-state index in [9.17, 15) is 0 Å². The number of fused-ring (bicyclic) bond motifs is 2. The lowest BCUT2D eigenvalue weighted by Gasteiger charge is -2.30. The second-order valence-electron chi connectivity index (χ2n) is 5.46. The molecule has 2 heteroatoms. The Morgan fingerprint density at radius 2 is 1.60 bits per heavy atom. The average molecular weight is 283 g/mol. The zero-order valence-corrected chi connectivity index (χ0v) is 12.9. The maximum absolute atomic E-state index is 3.76. The number of rotatable bonds is 4. The lowest BCUT2D eigenvalue weighted by Crippen LogP contribution is -2.31. The first-order chi connectivity index (χ1) is 9.79. The van der Waals surface area contributed by atoms with E-state index in [0.717, 1.165) is 13.0 Å².